The highest BCUT2D eigenvalue weighted by atomic mass is 32.2. The molecule has 0 radical (unpaired) electrons. The number of nitrogens with zero attached hydrogens (tertiary/aromatic N) is 2. The Hall–Kier alpha value is -0.590. The van der Waals surface area contributed by atoms with E-state index in [-0.39, 0.29) is 0 Å². The van der Waals surface area contributed by atoms with Crippen LogP contribution in [0.3, 0.4) is 0 Å². The van der Waals surface area contributed by atoms with Crippen molar-refractivity contribution in [1.82, 2.24) is 10.1 Å². The summed E-state index contributed by atoms with van der Waals surface area (Å²) in [7, 11) is 0. The molecule has 1 fully saturated rings. The zero-order valence-corrected chi connectivity index (χ0v) is 11.0. The number of aromatic nitrogens is 2. The smallest absolute Gasteiger partial charge is 0.246 e. The molecule has 0 aliphatic carbocycles. The standard InChI is InChI=1S/C11H19N3O2S/c1-2-7-17-8-9-13-10(16-14-9)11(12)3-5-15-6-4-11/h2-8,12H2,1H3. The van der Waals surface area contributed by atoms with Gasteiger partial charge in [0, 0.05) is 13.2 Å². The molecule has 0 unspecified atom stereocenters. The van der Waals surface area contributed by atoms with Crippen molar-refractivity contribution in [2.75, 3.05) is 19.0 Å². The quantitative estimate of drug-likeness (QED) is 0.809. The summed E-state index contributed by atoms with van der Waals surface area (Å²) >= 11 is 1.81. The Balaban J connectivity index is 1.96. The molecule has 2 heterocycles. The Morgan fingerprint density at radius 1 is 1.41 bits per heavy atom. The maximum absolute atomic E-state index is 6.27. The first-order valence-corrected chi connectivity index (χ1v) is 7.17. The summed E-state index contributed by atoms with van der Waals surface area (Å²) in [6, 6.07) is 0. The summed E-state index contributed by atoms with van der Waals surface area (Å²) < 4.78 is 10.6. The van der Waals surface area contributed by atoms with E-state index in [9.17, 15) is 0 Å². The van der Waals surface area contributed by atoms with Crippen LogP contribution in [0.2, 0.25) is 0 Å². The van der Waals surface area contributed by atoms with Crippen molar-refractivity contribution in [2.24, 2.45) is 5.73 Å². The first kappa shape index (κ1) is 12.9. The third-order valence-corrected chi connectivity index (χ3v) is 4.02. The predicted octanol–water partition coefficient (Wildman–Crippen LogP) is 1.68. The van der Waals surface area contributed by atoms with Crippen LogP contribution in [0, 0.1) is 0 Å². The molecule has 96 valence electrons. The summed E-state index contributed by atoms with van der Waals surface area (Å²) in [4.78, 5) is 4.40. The first-order chi connectivity index (χ1) is 8.24. The fraction of sp³-hybridized carbons (Fsp3) is 0.818. The van der Waals surface area contributed by atoms with Gasteiger partial charge in [-0.05, 0) is 25.0 Å². The number of nitrogens with two attached hydrogens (primary N) is 1. The molecule has 0 bridgehead atoms. The average Bonchev–Trinajstić information content (AvgIpc) is 2.80. The molecule has 0 atom stereocenters. The molecule has 0 spiro atoms. The van der Waals surface area contributed by atoms with Gasteiger partial charge in [-0.2, -0.15) is 16.7 Å². The maximum atomic E-state index is 6.27. The molecule has 5 nitrogen and oxygen atoms in total. The first-order valence-electron chi connectivity index (χ1n) is 6.02. The van der Waals surface area contributed by atoms with Gasteiger partial charge in [-0.15, -0.1) is 0 Å². The van der Waals surface area contributed by atoms with E-state index < -0.39 is 5.54 Å². The summed E-state index contributed by atoms with van der Waals surface area (Å²) in [6.45, 7) is 3.49. The van der Waals surface area contributed by atoms with Crippen LogP contribution in [0.1, 0.15) is 37.9 Å². The molecular formula is C11H19N3O2S. The second-order valence-corrected chi connectivity index (χ2v) is 5.44. The van der Waals surface area contributed by atoms with Crippen LogP contribution >= 0.6 is 11.8 Å². The topological polar surface area (TPSA) is 74.2 Å². The van der Waals surface area contributed by atoms with Gasteiger partial charge < -0.3 is 15.0 Å². The number of hydrogen-bond acceptors (Lipinski definition) is 6. The lowest BCUT2D eigenvalue weighted by Crippen LogP contribution is -2.42. The van der Waals surface area contributed by atoms with Gasteiger partial charge in [-0.25, -0.2) is 0 Å². The Kier molecular flexibility index (Phi) is 4.42. The number of thioether (sulfide) groups is 1. The summed E-state index contributed by atoms with van der Waals surface area (Å²) in [5.74, 6) is 3.22. The third-order valence-electron chi connectivity index (χ3n) is 2.86. The molecular weight excluding hydrogens is 238 g/mol. The van der Waals surface area contributed by atoms with Crippen LogP contribution in [0.5, 0.6) is 0 Å². The second kappa shape index (κ2) is 5.84. The predicted molar refractivity (Wildman–Crippen MR) is 66.7 cm³/mol. The zero-order valence-electron chi connectivity index (χ0n) is 10.1. The van der Waals surface area contributed by atoms with Gasteiger partial charge in [0.15, 0.2) is 5.82 Å². The largest absolute Gasteiger partial charge is 0.381 e. The summed E-state index contributed by atoms with van der Waals surface area (Å²) in [5.41, 5.74) is 5.78. The van der Waals surface area contributed by atoms with Crippen LogP contribution in [0.4, 0.5) is 0 Å². The molecule has 6 heteroatoms. The molecule has 0 aromatic carbocycles. The minimum atomic E-state index is -0.487. The molecule has 1 aliphatic heterocycles. The summed E-state index contributed by atoms with van der Waals surface area (Å²) in [5, 5.41) is 3.98. The fourth-order valence-corrected chi connectivity index (χ4v) is 2.50. The highest BCUT2D eigenvalue weighted by Crippen LogP contribution is 2.28. The third kappa shape index (κ3) is 3.20. The van der Waals surface area contributed by atoms with E-state index in [1.807, 2.05) is 11.8 Å². The number of rotatable bonds is 5. The molecule has 0 amide bonds. The van der Waals surface area contributed by atoms with Crippen molar-refractivity contribution in [3.05, 3.63) is 11.7 Å². The minimum Gasteiger partial charge on any atom is -0.381 e. The van der Waals surface area contributed by atoms with Crippen molar-refractivity contribution in [2.45, 2.75) is 37.5 Å². The Morgan fingerprint density at radius 3 is 2.88 bits per heavy atom. The van der Waals surface area contributed by atoms with Crippen molar-refractivity contribution in [1.29, 1.82) is 0 Å². The zero-order chi connectivity index (χ0) is 12.1. The van der Waals surface area contributed by atoms with E-state index in [0.29, 0.717) is 19.1 Å². The lowest BCUT2D eigenvalue weighted by atomic mass is 9.91. The SMILES string of the molecule is CCCSCc1noc(C2(N)CCOCC2)n1. The Morgan fingerprint density at radius 2 is 2.18 bits per heavy atom. The molecule has 0 saturated carbocycles. The normalized spacial score (nSPS) is 19.4. The Bertz CT molecular complexity index is 350. The lowest BCUT2D eigenvalue weighted by molar-refractivity contribution is 0.0400. The van der Waals surface area contributed by atoms with Gasteiger partial charge in [-0.1, -0.05) is 12.1 Å². The fourth-order valence-electron chi connectivity index (χ4n) is 1.77. The van der Waals surface area contributed by atoms with Gasteiger partial charge in [0.25, 0.3) is 0 Å². The summed E-state index contributed by atoms with van der Waals surface area (Å²) in [6.07, 6.45) is 2.65. The van der Waals surface area contributed by atoms with E-state index in [0.717, 1.165) is 36.6 Å². The monoisotopic (exact) mass is 257 g/mol. The van der Waals surface area contributed by atoms with Crippen molar-refractivity contribution in [3.8, 4) is 0 Å². The van der Waals surface area contributed by atoms with E-state index in [4.69, 9.17) is 15.0 Å². The number of ether oxygens (including phenoxy) is 1. The molecule has 1 aromatic heterocycles. The Labute approximate surface area is 105 Å². The van der Waals surface area contributed by atoms with Crippen LogP contribution in [0.25, 0.3) is 0 Å². The van der Waals surface area contributed by atoms with Crippen LogP contribution < -0.4 is 5.73 Å². The molecule has 2 rings (SSSR count). The van der Waals surface area contributed by atoms with Crippen molar-refractivity contribution >= 4 is 11.8 Å². The minimum absolute atomic E-state index is 0.487. The molecule has 17 heavy (non-hydrogen) atoms. The van der Waals surface area contributed by atoms with Crippen molar-refractivity contribution in [3.63, 3.8) is 0 Å². The molecule has 2 N–H and O–H groups in total. The van der Waals surface area contributed by atoms with Gasteiger partial charge in [0.2, 0.25) is 5.89 Å². The number of hydrogen-bond donors (Lipinski definition) is 1. The van der Waals surface area contributed by atoms with E-state index in [1.54, 1.807) is 0 Å². The molecule has 1 saturated heterocycles. The van der Waals surface area contributed by atoms with E-state index in [1.165, 1.54) is 0 Å². The highest BCUT2D eigenvalue weighted by Gasteiger charge is 2.35. The molecule has 1 aromatic rings. The lowest BCUT2D eigenvalue weighted by Gasteiger charge is -2.29. The van der Waals surface area contributed by atoms with Crippen LogP contribution in [-0.4, -0.2) is 29.1 Å². The van der Waals surface area contributed by atoms with Gasteiger partial charge >= 0.3 is 0 Å². The van der Waals surface area contributed by atoms with Crippen LogP contribution in [-0.2, 0) is 16.0 Å². The molecule has 1 aliphatic rings. The highest BCUT2D eigenvalue weighted by molar-refractivity contribution is 7.98. The van der Waals surface area contributed by atoms with Gasteiger partial charge in [0.1, 0.15) is 5.54 Å². The maximum Gasteiger partial charge on any atom is 0.246 e. The van der Waals surface area contributed by atoms with E-state index >= 15 is 0 Å². The van der Waals surface area contributed by atoms with Gasteiger partial charge in [-0.3, -0.25) is 0 Å². The van der Waals surface area contributed by atoms with Gasteiger partial charge in [0.05, 0.1) is 5.75 Å². The van der Waals surface area contributed by atoms with Crippen molar-refractivity contribution < 1.29 is 9.26 Å². The van der Waals surface area contributed by atoms with Crippen LogP contribution in [0.15, 0.2) is 4.52 Å². The van der Waals surface area contributed by atoms with E-state index in [2.05, 4.69) is 17.1 Å². The second-order valence-electron chi connectivity index (χ2n) is 4.34. The average molecular weight is 257 g/mol.